The molecule has 0 aromatic heterocycles. The molecule has 1 saturated heterocycles. The summed E-state index contributed by atoms with van der Waals surface area (Å²) in [6.07, 6.45) is -4.35. The highest BCUT2D eigenvalue weighted by Crippen LogP contribution is 2.28. The van der Waals surface area contributed by atoms with Gasteiger partial charge in [-0.2, -0.15) is 13.2 Å². The highest BCUT2D eigenvalue weighted by atomic mass is 19.4. The number of alkyl halides is 3. The van der Waals surface area contributed by atoms with Crippen molar-refractivity contribution < 1.29 is 56.9 Å². The van der Waals surface area contributed by atoms with Crippen LogP contribution in [-0.4, -0.2) is 88.5 Å². The fourth-order valence-electron chi connectivity index (χ4n) is 5.41. The van der Waals surface area contributed by atoms with E-state index in [0.717, 1.165) is 17.7 Å². The predicted octanol–water partition coefficient (Wildman–Crippen LogP) is 2.92. The van der Waals surface area contributed by atoms with Crippen molar-refractivity contribution in [1.29, 1.82) is 0 Å². The molecule has 1 aliphatic rings. The normalized spacial score (nSPS) is 17.7. The zero-order valence-electron chi connectivity index (χ0n) is 26.3. The number of carboxylic acid groups (broad SMARTS) is 1. The summed E-state index contributed by atoms with van der Waals surface area (Å²) in [5.41, 5.74) is 8.54. The molecule has 258 valence electrons. The number of nitrogens with two attached hydrogens (primary N) is 1. The van der Waals surface area contributed by atoms with Crippen molar-refractivity contribution >= 4 is 29.6 Å². The van der Waals surface area contributed by atoms with Crippen molar-refractivity contribution in [2.24, 2.45) is 5.73 Å². The van der Waals surface area contributed by atoms with Crippen LogP contribution in [0.4, 0.5) is 23.7 Å². The van der Waals surface area contributed by atoms with Gasteiger partial charge in [0.25, 0.3) is 0 Å². The van der Waals surface area contributed by atoms with Gasteiger partial charge in [0.1, 0.15) is 30.1 Å². The monoisotopic (exact) mass is 674 g/mol. The molecule has 5 N–H and O–H groups in total. The summed E-state index contributed by atoms with van der Waals surface area (Å²) in [5, 5.41) is 31.0. The number of esters is 1. The lowest BCUT2D eigenvalue weighted by molar-refractivity contribution is -0.911. The number of urea groups is 1. The van der Waals surface area contributed by atoms with Crippen LogP contribution in [0.15, 0.2) is 72.8 Å². The van der Waals surface area contributed by atoms with Crippen LogP contribution in [0.5, 0.6) is 11.5 Å². The standard InChI is InChI=1S/C31H36N4O6.C2HF3O2/c1-3-41-30(39)23-8-10-24(11-9-23)33-31(40)34(28(29(32)38)18-21-4-12-26(36)13-5-21)25-16-17-35(2,20-25)19-22-6-14-27(37)15-7-22;3-2(4,5)1(6)7/h4-15,25,28H,3,16-20H2,1-2H3,(H4-,32,33,36,37,38,39,40);(H,6,7)/t25-,28+,35?;/m1./s1. The molecule has 3 aromatic carbocycles. The number of anilines is 1. The number of phenolic OH excluding ortho intramolecular Hbond substituents is 2. The van der Waals surface area contributed by atoms with Crippen LogP contribution in [-0.2, 0) is 27.3 Å². The number of amides is 3. The number of quaternary nitrogens is 1. The maximum atomic E-state index is 13.9. The van der Waals surface area contributed by atoms with E-state index in [-0.39, 0.29) is 30.6 Å². The van der Waals surface area contributed by atoms with Crippen LogP contribution in [0.1, 0.15) is 34.8 Å². The number of carboxylic acids is 1. The van der Waals surface area contributed by atoms with E-state index in [1.807, 2.05) is 12.1 Å². The molecular formula is C33H37F3N4O8. The maximum Gasteiger partial charge on any atom is 0.430 e. The summed E-state index contributed by atoms with van der Waals surface area (Å²) in [5.74, 6) is -3.79. The van der Waals surface area contributed by atoms with E-state index in [9.17, 15) is 37.8 Å². The van der Waals surface area contributed by atoms with Gasteiger partial charge in [0.15, 0.2) is 0 Å². The van der Waals surface area contributed by atoms with E-state index >= 15 is 0 Å². The molecule has 0 radical (unpaired) electrons. The Bertz CT molecular complexity index is 1570. The van der Waals surface area contributed by atoms with E-state index in [4.69, 9.17) is 20.4 Å². The Hall–Kier alpha value is -5.31. The Morgan fingerprint density at radius 2 is 1.50 bits per heavy atom. The molecule has 0 bridgehead atoms. The largest absolute Gasteiger partial charge is 0.542 e. The molecule has 4 rings (SSSR count). The van der Waals surface area contributed by atoms with Crippen LogP contribution < -0.4 is 16.2 Å². The number of likely N-dealkylation sites (N-methyl/N-ethyl adjacent to an activating group) is 1. The summed E-state index contributed by atoms with van der Waals surface area (Å²) < 4.78 is 37.2. The molecule has 15 heteroatoms. The minimum atomic E-state index is -5.19. The van der Waals surface area contributed by atoms with Gasteiger partial charge in [0.2, 0.25) is 5.91 Å². The third-order valence-corrected chi connectivity index (χ3v) is 7.69. The van der Waals surface area contributed by atoms with E-state index in [2.05, 4.69) is 12.4 Å². The second-order valence-corrected chi connectivity index (χ2v) is 11.5. The Balaban J connectivity index is 0.000000804. The summed E-state index contributed by atoms with van der Waals surface area (Å²) in [6, 6.07) is 18.2. The van der Waals surface area contributed by atoms with Crippen molar-refractivity contribution in [2.75, 3.05) is 32.1 Å². The average molecular weight is 675 g/mol. The first-order valence-corrected chi connectivity index (χ1v) is 14.8. The van der Waals surface area contributed by atoms with Gasteiger partial charge in [0.05, 0.1) is 38.3 Å². The molecule has 12 nitrogen and oxygen atoms in total. The van der Waals surface area contributed by atoms with Gasteiger partial charge < -0.3 is 45.3 Å². The molecule has 1 aliphatic heterocycles. The number of nitrogens with one attached hydrogen (secondary N) is 1. The molecular weight excluding hydrogens is 637 g/mol. The lowest BCUT2D eigenvalue weighted by Gasteiger charge is -2.36. The highest BCUT2D eigenvalue weighted by Gasteiger charge is 2.43. The van der Waals surface area contributed by atoms with E-state index in [0.29, 0.717) is 35.2 Å². The zero-order chi connectivity index (χ0) is 35.6. The fraction of sp³-hybridized carbons (Fsp3) is 0.333. The maximum absolute atomic E-state index is 13.9. The van der Waals surface area contributed by atoms with Crippen LogP contribution in [0.2, 0.25) is 0 Å². The lowest BCUT2D eigenvalue weighted by atomic mass is 10.0. The van der Waals surface area contributed by atoms with Gasteiger partial charge in [-0.05, 0) is 73.2 Å². The topological polar surface area (TPSA) is 182 Å². The number of primary amides is 1. The van der Waals surface area contributed by atoms with Crippen LogP contribution in [0, 0.1) is 0 Å². The van der Waals surface area contributed by atoms with Crippen LogP contribution >= 0.6 is 0 Å². The number of aliphatic carboxylic acids is 1. The van der Waals surface area contributed by atoms with Crippen molar-refractivity contribution in [3.8, 4) is 11.5 Å². The molecule has 0 aliphatic carbocycles. The Morgan fingerprint density at radius 1 is 0.979 bits per heavy atom. The molecule has 1 heterocycles. The number of carbonyl (C=O) groups is 4. The first-order chi connectivity index (χ1) is 22.5. The number of nitrogens with zero attached hydrogens (tertiary/aromatic N) is 2. The van der Waals surface area contributed by atoms with E-state index in [1.54, 1.807) is 60.4 Å². The number of hydrogen-bond acceptors (Lipinski definition) is 8. The lowest BCUT2D eigenvalue weighted by Crippen LogP contribution is -2.56. The second kappa shape index (κ2) is 16.0. The van der Waals surface area contributed by atoms with Crippen molar-refractivity contribution in [2.45, 2.75) is 44.6 Å². The summed E-state index contributed by atoms with van der Waals surface area (Å²) in [6.45, 7) is 4.05. The van der Waals surface area contributed by atoms with E-state index < -0.39 is 36.1 Å². The highest BCUT2D eigenvalue weighted by molar-refractivity contribution is 5.95. The molecule has 1 unspecified atom stereocenters. The van der Waals surface area contributed by atoms with Gasteiger partial charge in [0, 0.05) is 24.1 Å². The number of hydrogen-bond donors (Lipinski definition) is 4. The van der Waals surface area contributed by atoms with Gasteiger partial charge in [-0.3, -0.25) is 4.79 Å². The Kier molecular flexibility index (Phi) is 12.4. The van der Waals surface area contributed by atoms with Gasteiger partial charge in [-0.1, -0.05) is 12.1 Å². The van der Waals surface area contributed by atoms with Crippen LogP contribution in [0.3, 0.4) is 0 Å². The van der Waals surface area contributed by atoms with Crippen molar-refractivity contribution in [3.05, 3.63) is 89.5 Å². The van der Waals surface area contributed by atoms with Crippen LogP contribution in [0.25, 0.3) is 0 Å². The number of aromatic hydroxyl groups is 2. The minimum absolute atomic E-state index is 0.100. The summed E-state index contributed by atoms with van der Waals surface area (Å²) in [4.78, 5) is 49.1. The van der Waals surface area contributed by atoms with Gasteiger partial charge >= 0.3 is 18.2 Å². The number of likely N-dealkylation sites (tertiary alicyclic amines) is 1. The second-order valence-electron chi connectivity index (χ2n) is 11.5. The predicted molar refractivity (Wildman–Crippen MR) is 165 cm³/mol. The first-order valence-electron chi connectivity index (χ1n) is 14.8. The van der Waals surface area contributed by atoms with Gasteiger partial charge in [-0.25, -0.2) is 9.59 Å². The summed E-state index contributed by atoms with van der Waals surface area (Å²) >= 11 is 0. The average Bonchev–Trinajstić information content (AvgIpc) is 3.40. The molecule has 48 heavy (non-hydrogen) atoms. The number of carbonyl (C=O) groups excluding carboxylic acids is 4. The molecule has 0 spiro atoms. The SMILES string of the molecule is CCOC(=O)c1ccc(NC(=O)N([C@@H]2CC[N+](C)(Cc3ccc(O)cc3)C2)[C@@H](Cc2ccc(O)cc2)C(N)=O)cc1.O=C([O-])C(F)(F)F. The van der Waals surface area contributed by atoms with Gasteiger partial charge in [-0.15, -0.1) is 0 Å². The first kappa shape index (κ1) is 37.2. The number of ether oxygens (including phenoxy) is 1. The number of rotatable bonds is 10. The smallest absolute Gasteiger partial charge is 0.430 e. The minimum Gasteiger partial charge on any atom is -0.542 e. The van der Waals surface area contributed by atoms with E-state index in [1.165, 1.54) is 12.1 Å². The molecule has 3 atom stereocenters. The van der Waals surface area contributed by atoms with Crippen molar-refractivity contribution in [3.63, 3.8) is 0 Å². The molecule has 1 fully saturated rings. The summed E-state index contributed by atoms with van der Waals surface area (Å²) in [7, 11) is 2.11. The zero-order valence-corrected chi connectivity index (χ0v) is 26.3. The molecule has 0 saturated carbocycles. The molecule has 3 amide bonds. The fourth-order valence-corrected chi connectivity index (χ4v) is 5.41. The quantitative estimate of drug-likeness (QED) is 0.187. The third kappa shape index (κ3) is 10.6. The Labute approximate surface area is 274 Å². The number of benzene rings is 3. The number of phenols is 2. The number of halogens is 3. The molecule has 3 aromatic rings. The Morgan fingerprint density at radius 3 is 1.98 bits per heavy atom. The third-order valence-electron chi connectivity index (χ3n) is 7.69. The van der Waals surface area contributed by atoms with Crippen molar-refractivity contribution in [1.82, 2.24) is 4.90 Å².